The number of benzene rings is 4. The van der Waals surface area contributed by atoms with E-state index in [4.69, 9.17) is 59.4 Å². The molecule has 0 spiro atoms. The number of pyridine rings is 1. The molecule has 1 aromatic heterocycles. The van der Waals surface area contributed by atoms with E-state index in [2.05, 4.69) is 60.6 Å². The summed E-state index contributed by atoms with van der Waals surface area (Å²) in [6.45, 7) is 18.8. The second kappa shape index (κ2) is 33.5. The predicted molar refractivity (Wildman–Crippen MR) is 276 cm³/mol. The van der Waals surface area contributed by atoms with E-state index in [-0.39, 0.29) is 39.1 Å². The molecule has 79 heavy (non-hydrogen) atoms. The van der Waals surface area contributed by atoms with Gasteiger partial charge in [0.05, 0.1) is 34.2 Å². The third-order valence-corrected chi connectivity index (χ3v) is 10.2. The van der Waals surface area contributed by atoms with Crippen molar-refractivity contribution in [2.75, 3.05) is 18.6 Å². The Labute approximate surface area is 463 Å². The number of carbonyl (C=O) groups is 2. The number of rotatable bonds is 8. The van der Waals surface area contributed by atoms with Crippen LogP contribution in [0.1, 0.15) is 139 Å². The number of Topliss-reactive ketones (excluding diaryl/α,β-unsaturated/α-hetero) is 2. The van der Waals surface area contributed by atoms with Crippen molar-refractivity contribution in [3.05, 3.63) is 171 Å². The molecule has 0 unspecified atom stereocenters. The molecule has 2 atom stereocenters. The van der Waals surface area contributed by atoms with Crippen molar-refractivity contribution in [3.8, 4) is 0 Å². The van der Waals surface area contributed by atoms with Gasteiger partial charge in [-0.2, -0.15) is 69.5 Å². The Bertz CT molecular complexity index is 2730. The Hall–Kier alpha value is -5.28. The van der Waals surface area contributed by atoms with Gasteiger partial charge in [-0.1, -0.05) is 114 Å². The van der Waals surface area contributed by atoms with Crippen LogP contribution in [0, 0.1) is 13.8 Å². The summed E-state index contributed by atoms with van der Waals surface area (Å²) in [5.41, 5.74) is -3.79. The predicted octanol–water partition coefficient (Wildman–Crippen LogP) is 14.7. The van der Waals surface area contributed by atoms with Gasteiger partial charge < -0.3 is 14.9 Å². The van der Waals surface area contributed by atoms with Crippen LogP contribution in [-0.2, 0) is 55.8 Å². The first-order valence-electron chi connectivity index (χ1n) is 22.4. The van der Waals surface area contributed by atoms with Crippen LogP contribution in [0.25, 0.3) is 0 Å². The van der Waals surface area contributed by atoms with Crippen molar-refractivity contribution in [2.45, 2.75) is 116 Å². The van der Waals surface area contributed by atoms with Crippen molar-refractivity contribution < 1.29 is 98.6 Å². The Balaban J connectivity index is 0. The second-order valence-corrected chi connectivity index (χ2v) is 20.7. The molecule has 0 aliphatic heterocycles. The lowest BCUT2D eigenvalue weighted by Gasteiger charge is -2.24. The third-order valence-electron chi connectivity index (χ3n) is 9.59. The summed E-state index contributed by atoms with van der Waals surface area (Å²) in [4.78, 5) is 27.5. The van der Waals surface area contributed by atoms with Gasteiger partial charge in [0.1, 0.15) is 13.2 Å². The smallest absolute Gasteiger partial charge is 0.389 e. The summed E-state index contributed by atoms with van der Waals surface area (Å²) in [6.07, 6.45) is -16.2. The number of nitrogens with zero attached hydrogens (tertiary/aromatic N) is 1. The summed E-state index contributed by atoms with van der Waals surface area (Å²) in [7, 11) is -5.84. The third kappa shape index (κ3) is 30.8. The first-order chi connectivity index (χ1) is 35.8. The molecule has 0 saturated heterocycles. The molecule has 0 saturated carbocycles. The highest BCUT2D eigenvalue weighted by Crippen LogP contribution is 2.38. The topological polar surface area (TPSA) is 185 Å². The molecule has 0 radical (unpaired) electrons. The van der Waals surface area contributed by atoms with Gasteiger partial charge >= 0.3 is 45.7 Å². The molecule has 442 valence electrons. The van der Waals surface area contributed by atoms with Crippen LogP contribution in [0.15, 0.2) is 109 Å². The van der Waals surface area contributed by atoms with E-state index in [1.807, 2.05) is 6.07 Å². The maximum atomic E-state index is 12.9. The van der Waals surface area contributed by atoms with E-state index in [1.165, 1.54) is 42.9 Å². The molecule has 5 rings (SSSR count). The van der Waals surface area contributed by atoms with Crippen LogP contribution in [0.4, 0.5) is 52.7 Å². The summed E-state index contributed by atoms with van der Waals surface area (Å²) >= 11 is 8.78. The van der Waals surface area contributed by atoms with Gasteiger partial charge in [0, 0.05) is 33.3 Å². The normalized spacial score (nSPS) is 12.4. The van der Waals surface area contributed by atoms with E-state index in [0.29, 0.717) is 28.8 Å². The molecule has 0 fully saturated rings. The highest BCUT2D eigenvalue weighted by atomic mass is 35.5. The molecule has 3 N–H and O–H groups in total. The van der Waals surface area contributed by atoms with E-state index in [9.17, 15) is 67.4 Å². The molecule has 27 heteroatoms. The van der Waals surface area contributed by atoms with Crippen LogP contribution in [0.5, 0.6) is 0 Å². The second-order valence-electron chi connectivity index (χ2n) is 18.3. The molecule has 0 amide bonds. The summed E-state index contributed by atoms with van der Waals surface area (Å²) in [6, 6.07) is 25.9. The lowest BCUT2D eigenvalue weighted by atomic mass is 9.87. The van der Waals surface area contributed by atoms with Crippen LogP contribution in [-0.4, -0.2) is 72.2 Å². The SMILES string of the molecule is C[C@@H](OCC(=O)c1ccccc1)c1cc(C(F)(F)F)cc(C(F)(F)F)c1.Cc1cc(C(C)(C)C)nc(C(C)(C)C)c1.Cc1cc([C@@H](C)O)cc(C(F)(F)F)c1.ClCCl.O=C(CO)c1ccccc1.O=S(=O)(O)C(F)(F)F.O=S=O. The first kappa shape index (κ1) is 75.8. The monoisotopic (exact) mass is 1220 g/mol. The van der Waals surface area contributed by atoms with Crippen molar-refractivity contribution in [1.82, 2.24) is 4.98 Å². The summed E-state index contributed by atoms with van der Waals surface area (Å²) in [5, 5.41) is 17.8. The molecule has 0 aliphatic rings. The van der Waals surface area contributed by atoms with Gasteiger partial charge in [-0.15, -0.1) is 23.2 Å². The Morgan fingerprint density at radius 3 is 1.22 bits per heavy atom. The number of hydrogen-bond donors (Lipinski definition) is 3. The van der Waals surface area contributed by atoms with Gasteiger partial charge in [0.25, 0.3) is 0 Å². The quantitative estimate of drug-likeness (QED) is 0.0441. The maximum absolute atomic E-state index is 12.9. The number of aliphatic hydroxyl groups excluding tert-OH is 2. The molecule has 4 aromatic carbocycles. The minimum Gasteiger partial charge on any atom is -0.389 e. The number of aromatic nitrogens is 1. The van der Waals surface area contributed by atoms with Crippen LogP contribution < -0.4 is 0 Å². The van der Waals surface area contributed by atoms with Crippen molar-refractivity contribution >= 4 is 56.5 Å². The fourth-order valence-electron chi connectivity index (χ4n) is 5.59. The maximum Gasteiger partial charge on any atom is 0.522 e. The molecule has 1 heterocycles. The Morgan fingerprint density at radius 1 is 0.595 bits per heavy atom. The van der Waals surface area contributed by atoms with Crippen molar-refractivity contribution in [2.24, 2.45) is 0 Å². The van der Waals surface area contributed by atoms with Crippen LogP contribution in [0.2, 0.25) is 0 Å². The number of aliphatic hydroxyl groups is 2. The molecule has 0 aliphatic carbocycles. The molecule has 11 nitrogen and oxygen atoms in total. The van der Waals surface area contributed by atoms with Gasteiger partial charge in [-0.3, -0.25) is 19.1 Å². The molecular weight excluding hydrogens is 1160 g/mol. The van der Waals surface area contributed by atoms with Gasteiger partial charge in [0.2, 0.25) is 0 Å². The fourth-order valence-corrected chi connectivity index (χ4v) is 5.59. The standard InChI is InChI=1S/C18H14F6O2.C14H23N.C10H11F3O.C8H8O2.CH2Cl2.CHF3O3S.O2S/c1-11(26-10-16(25)12-5-3-2-4-6-12)13-7-14(17(19,20)21)9-15(8-13)18(22,23)24;1-10-8-11(13(2,3)4)15-12(9-10)14(5,6)7;1-6-3-8(7(2)14)5-9(4-6)10(11,12)13;9-6-8(10)7-4-2-1-3-5-7;2-1-3;2-1(3,4)8(5,6)7;1-3-2/h2-9,11H,10H2,1H3;8-9H,1-7H3;3-5,7,14H,1-2H3;1-5,9H,6H2;1H2;(H,5,6,7);/t11-;;7-;;;;/m1.1..../s1. The Morgan fingerprint density at radius 2 is 0.911 bits per heavy atom. The Kier molecular flexibility index (Phi) is 32.1. The highest BCUT2D eigenvalue weighted by Gasteiger charge is 2.44. The van der Waals surface area contributed by atoms with Crippen LogP contribution in [0.3, 0.4) is 0 Å². The number of ketones is 2. The molecule has 5 aromatic rings. The number of carbonyl (C=O) groups excluding carboxylic acids is 2. The zero-order valence-electron chi connectivity index (χ0n) is 43.9. The zero-order chi connectivity index (χ0) is 62.1. The fraction of sp³-hybridized carbons (Fsp3) is 0.404. The highest BCUT2D eigenvalue weighted by molar-refractivity contribution is 7.86. The molecular formula is C52H59Cl2F12NO10S2. The van der Waals surface area contributed by atoms with E-state index in [1.54, 1.807) is 55.5 Å². The summed E-state index contributed by atoms with van der Waals surface area (Å²) in [5.74, 6) is -0.666. The largest absolute Gasteiger partial charge is 0.522 e. The van der Waals surface area contributed by atoms with E-state index < -0.39 is 93.6 Å². The van der Waals surface area contributed by atoms with Crippen molar-refractivity contribution in [1.29, 1.82) is 0 Å². The number of ether oxygens (including phenoxy) is 1. The van der Waals surface area contributed by atoms with Gasteiger partial charge in [-0.05, 0) is 86.8 Å². The minimum atomic E-state index is -5.84. The average Bonchev–Trinajstić information content (AvgIpc) is 3.32. The number of alkyl halides is 14. The number of halogens is 14. The number of aryl methyl sites for hydroxylation is 2. The molecule has 0 bridgehead atoms. The minimum absolute atomic E-state index is 0.0470. The van der Waals surface area contributed by atoms with E-state index >= 15 is 0 Å². The van der Waals surface area contributed by atoms with Crippen molar-refractivity contribution in [3.63, 3.8) is 0 Å². The lowest BCUT2D eigenvalue weighted by molar-refractivity contribution is -0.143. The average molecular weight is 1220 g/mol. The zero-order valence-corrected chi connectivity index (χ0v) is 47.1. The number of hydrogen-bond acceptors (Lipinski definition) is 10. The lowest BCUT2D eigenvalue weighted by Crippen LogP contribution is -2.21. The van der Waals surface area contributed by atoms with Gasteiger partial charge in [0.15, 0.2) is 11.6 Å². The van der Waals surface area contributed by atoms with Gasteiger partial charge in [-0.25, -0.2) is 0 Å². The van der Waals surface area contributed by atoms with Crippen LogP contribution >= 0.6 is 23.2 Å². The van der Waals surface area contributed by atoms with E-state index in [0.717, 1.165) is 12.1 Å². The summed E-state index contributed by atoms with van der Waals surface area (Å²) < 4.78 is 194. The first-order valence-corrected chi connectivity index (χ1v) is 25.6.